The van der Waals surface area contributed by atoms with E-state index in [1.807, 2.05) is 24.3 Å². The number of amides is 1. The number of hydrogen-bond acceptors (Lipinski definition) is 4. The maximum absolute atomic E-state index is 12.5. The summed E-state index contributed by atoms with van der Waals surface area (Å²) >= 11 is 0. The molecule has 25 heavy (non-hydrogen) atoms. The molecule has 126 valence electrons. The Bertz CT molecular complexity index is 907. The molecule has 0 bridgehead atoms. The van der Waals surface area contributed by atoms with E-state index in [1.54, 1.807) is 29.2 Å². The quantitative estimate of drug-likeness (QED) is 0.747. The van der Waals surface area contributed by atoms with E-state index < -0.39 is 5.97 Å². The molecule has 0 saturated carbocycles. The fourth-order valence-electron chi connectivity index (χ4n) is 3.03. The van der Waals surface area contributed by atoms with Crippen molar-refractivity contribution >= 4 is 22.9 Å². The highest BCUT2D eigenvalue weighted by molar-refractivity contribution is 5.96. The largest absolute Gasteiger partial charge is 0.465 e. The molecule has 2 heterocycles. The highest BCUT2D eigenvalue weighted by Crippen LogP contribution is 2.28. The molecule has 0 aliphatic carbocycles. The summed E-state index contributed by atoms with van der Waals surface area (Å²) < 4.78 is 4.66. The summed E-state index contributed by atoms with van der Waals surface area (Å²) in [5.74, 6) is 0.702. The molecule has 1 fully saturated rings. The Hall–Kier alpha value is -3.15. The predicted octanol–water partition coefficient (Wildman–Crippen LogP) is 2.59. The average molecular weight is 335 g/mol. The molecule has 1 N–H and O–H groups in total. The van der Waals surface area contributed by atoms with E-state index in [4.69, 9.17) is 0 Å². The van der Waals surface area contributed by atoms with Gasteiger partial charge in [-0.2, -0.15) is 0 Å². The Labute approximate surface area is 144 Å². The van der Waals surface area contributed by atoms with E-state index in [-0.39, 0.29) is 11.8 Å². The maximum Gasteiger partial charge on any atom is 0.337 e. The molecule has 1 aliphatic heterocycles. The van der Waals surface area contributed by atoms with Crippen LogP contribution < -0.4 is 0 Å². The summed E-state index contributed by atoms with van der Waals surface area (Å²) in [7, 11) is 1.33. The first kappa shape index (κ1) is 15.4. The van der Waals surface area contributed by atoms with Gasteiger partial charge in [-0.05, 0) is 36.4 Å². The third-order valence-corrected chi connectivity index (χ3v) is 4.52. The molecule has 6 nitrogen and oxygen atoms in total. The third-order valence-electron chi connectivity index (χ3n) is 4.52. The van der Waals surface area contributed by atoms with Crippen molar-refractivity contribution in [2.24, 2.45) is 0 Å². The van der Waals surface area contributed by atoms with E-state index in [1.165, 1.54) is 7.11 Å². The number of para-hydroxylation sites is 2. The van der Waals surface area contributed by atoms with Gasteiger partial charge in [-0.25, -0.2) is 9.78 Å². The van der Waals surface area contributed by atoms with Crippen LogP contribution in [0.15, 0.2) is 48.5 Å². The molecule has 0 spiro atoms. The number of esters is 1. The van der Waals surface area contributed by atoms with Crippen LogP contribution in [0, 0.1) is 0 Å². The first-order chi connectivity index (χ1) is 12.2. The maximum atomic E-state index is 12.5. The van der Waals surface area contributed by atoms with Crippen LogP contribution in [0.1, 0.15) is 32.5 Å². The molecule has 1 saturated heterocycles. The van der Waals surface area contributed by atoms with Crippen LogP contribution in [0.25, 0.3) is 11.0 Å². The van der Waals surface area contributed by atoms with Gasteiger partial charge < -0.3 is 14.6 Å². The number of likely N-dealkylation sites (tertiary alicyclic amines) is 1. The van der Waals surface area contributed by atoms with Crippen molar-refractivity contribution in [1.29, 1.82) is 0 Å². The molecule has 0 radical (unpaired) electrons. The van der Waals surface area contributed by atoms with Crippen molar-refractivity contribution in [3.63, 3.8) is 0 Å². The van der Waals surface area contributed by atoms with Gasteiger partial charge in [-0.15, -0.1) is 0 Å². The molecular weight excluding hydrogens is 318 g/mol. The number of nitrogens with one attached hydrogen (secondary N) is 1. The fourth-order valence-corrected chi connectivity index (χ4v) is 3.03. The average Bonchev–Trinajstić information content (AvgIpc) is 3.03. The zero-order valence-electron chi connectivity index (χ0n) is 13.7. The number of nitrogens with zero attached hydrogens (tertiary/aromatic N) is 2. The predicted molar refractivity (Wildman–Crippen MR) is 92.5 cm³/mol. The summed E-state index contributed by atoms with van der Waals surface area (Å²) in [6, 6.07) is 14.4. The summed E-state index contributed by atoms with van der Waals surface area (Å²) in [6.07, 6.45) is 0. The van der Waals surface area contributed by atoms with Gasteiger partial charge in [0.15, 0.2) is 0 Å². The van der Waals surface area contributed by atoms with Gasteiger partial charge in [0.25, 0.3) is 5.91 Å². The van der Waals surface area contributed by atoms with Crippen LogP contribution in [0.2, 0.25) is 0 Å². The minimum Gasteiger partial charge on any atom is -0.465 e. The van der Waals surface area contributed by atoms with Gasteiger partial charge >= 0.3 is 5.97 Å². The zero-order valence-corrected chi connectivity index (χ0v) is 13.7. The molecule has 1 aliphatic rings. The minimum absolute atomic E-state index is 0.0382. The number of rotatable bonds is 3. The van der Waals surface area contributed by atoms with Crippen molar-refractivity contribution in [2.75, 3.05) is 20.2 Å². The Morgan fingerprint density at radius 2 is 1.76 bits per heavy atom. The number of benzene rings is 2. The number of fused-ring (bicyclic) bond motifs is 1. The second kappa shape index (κ2) is 6.05. The van der Waals surface area contributed by atoms with E-state index in [0.717, 1.165) is 16.9 Å². The van der Waals surface area contributed by atoms with Crippen molar-refractivity contribution < 1.29 is 14.3 Å². The normalized spacial score (nSPS) is 14.4. The zero-order chi connectivity index (χ0) is 17.4. The lowest BCUT2D eigenvalue weighted by Crippen LogP contribution is -2.48. The highest BCUT2D eigenvalue weighted by Gasteiger charge is 2.34. The van der Waals surface area contributed by atoms with Crippen LogP contribution in [0.3, 0.4) is 0 Å². The summed E-state index contributed by atoms with van der Waals surface area (Å²) in [6.45, 7) is 1.27. The van der Waals surface area contributed by atoms with Crippen molar-refractivity contribution in [2.45, 2.75) is 5.92 Å². The van der Waals surface area contributed by atoms with Gasteiger partial charge in [-0.3, -0.25) is 4.79 Å². The molecule has 2 aromatic carbocycles. The molecule has 1 aromatic heterocycles. The lowest BCUT2D eigenvalue weighted by molar-refractivity contribution is 0.0585. The van der Waals surface area contributed by atoms with E-state index >= 15 is 0 Å². The molecule has 1 amide bonds. The van der Waals surface area contributed by atoms with E-state index in [2.05, 4.69) is 14.7 Å². The minimum atomic E-state index is -0.409. The molecule has 3 aromatic rings. The number of carbonyl (C=O) groups is 2. The Morgan fingerprint density at radius 1 is 1.08 bits per heavy atom. The second-order valence-corrected chi connectivity index (χ2v) is 6.12. The van der Waals surface area contributed by atoms with Gasteiger partial charge in [0.05, 0.1) is 29.6 Å². The van der Waals surface area contributed by atoms with Crippen LogP contribution in [0.4, 0.5) is 0 Å². The fraction of sp³-hybridized carbons (Fsp3) is 0.211. The number of imidazole rings is 1. The topological polar surface area (TPSA) is 75.3 Å². The van der Waals surface area contributed by atoms with Gasteiger partial charge in [0.1, 0.15) is 5.82 Å². The molecule has 0 atom stereocenters. The van der Waals surface area contributed by atoms with Crippen LogP contribution in [-0.4, -0.2) is 46.9 Å². The number of methoxy groups -OCH3 is 1. The number of H-pyrrole nitrogens is 1. The van der Waals surface area contributed by atoms with E-state index in [0.29, 0.717) is 24.2 Å². The number of aromatic nitrogens is 2. The standard InChI is InChI=1S/C19H17N3O3/c1-25-19(24)13-8-6-12(7-9-13)18(23)22-10-14(11-22)17-20-15-4-2-3-5-16(15)21-17/h2-9,14H,10-11H2,1H3,(H,20,21). The van der Waals surface area contributed by atoms with Crippen LogP contribution in [-0.2, 0) is 4.74 Å². The smallest absolute Gasteiger partial charge is 0.337 e. The highest BCUT2D eigenvalue weighted by atomic mass is 16.5. The Balaban J connectivity index is 1.42. The lowest BCUT2D eigenvalue weighted by Gasteiger charge is -2.38. The monoisotopic (exact) mass is 335 g/mol. The summed E-state index contributed by atoms with van der Waals surface area (Å²) in [5.41, 5.74) is 2.96. The van der Waals surface area contributed by atoms with Gasteiger partial charge in [0, 0.05) is 18.7 Å². The molecule has 6 heteroatoms. The number of ether oxygens (including phenoxy) is 1. The van der Waals surface area contributed by atoms with Gasteiger partial charge in [-0.1, -0.05) is 12.1 Å². The Kier molecular flexibility index (Phi) is 3.72. The van der Waals surface area contributed by atoms with Crippen molar-refractivity contribution in [3.8, 4) is 0 Å². The van der Waals surface area contributed by atoms with E-state index in [9.17, 15) is 9.59 Å². The second-order valence-electron chi connectivity index (χ2n) is 6.12. The first-order valence-corrected chi connectivity index (χ1v) is 8.08. The third kappa shape index (κ3) is 2.76. The van der Waals surface area contributed by atoms with Crippen LogP contribution >= 0.6 is 0 Å². The number of hydrogen-bond donors (Lipinski definition) is 1. The van der Waals surface area contributed by atoms with Crippen molar-refractivity contribution in [1.82, 2.24) is 14.9 Å². The number of carbonyl (C=O) groups excluding carboxylic acids is 2. The lowest BCUT2D eigenvalue weighted by atomic mass is 9.98. The van der Waals surface area contributed by atoms with Crippen molar-refractivity contribution in [3.05, 3.63) is 65.5 Å². The van der Waals surface area contributed by atoms with Gasteiger partial charge in [0.2, 0.25) is 0 Å². The molecule has 0 unspecified atom stereocenters. The first-order valence-electron chi connectivity index (χ1n) is 8.08. The molecular formula is C19H17N3O3. The van der Waals surface area contributed by atoms with Crippen LogP contribution in [0.5, 0.6) is 0 Å². The SMILES string of the molecule is COC(=O)c1ccc(C(=O)N2CC(c3nc4ccccc4[nH]3)C2)cc1. The Morgan fingerprint density at radius 3 is 2.44 bits per heavy atom. The summed E-state index contributed by atoms with van der Waals surface area (Å²) in [4.78, 5) is 33.6. The molecule has 4 rings (SSSR count). The number of aromatic amines is 1. The summed E-state index contributed by atoms with van der Waals surface area (Å²) in [5, 5.41) is 0.